The summed E-state index contributed by atoms with van der Waals surface area (Å²) in [6.45, 7) is 0.714. The molecule has 9 heteroatoms. The molecule has 1 N–H and O–H groups in total. The van der Waals surface area contributed by atoms with Crippen LogP contribution in [0, 0.1) is 0 Å². The standard InChI is InChI=1S/C19H18BrN3O4S/c20-14-3-5-16-13(9-14)10-17(21-16)18(24)12-22-11-15(4-6-19(22)25)28(26,27)23-7-1-2-8-23/h3-6,9-11,21H,1-2,7-8,12H2. The Kier molecular flexibility index (Phi) is 4.98. The van der Waals surface area contributed by atoms with E-state index in [9.17, 15) is 18.0 Å². The molecule has 0 radical (unpaired) electrons. The maximum atomic E-state index is 12.7. The highest BCUT2D eigenvalue weighted by molar-refractivity contribution is 9.10. The van der Waals surface area contributed by atoms with Crippen LogP contribution >= 0.6 is 15.9 Å². The smallest absolute Gasteiger partial charge is 0.251 e. The third-order valence-electron chi connectivity index (χ3n) is 4.86. The van der Waals surface area contributed by atoms with Crippen LogP contribution in [0.5, 0.6) is 0 Å². The fourth-order valence-electron chi connectivity index (χ4n) is 3.36. The number of nitrogens with zero attached hydrogens (tertiary/aromatic N) is 2. The lowest BCUT2D eigenvalue weighted by Crippen LogP contribution is -2.30. The first-order valence-electron chi connectivity index (χ1n) is 8.87. The number of Topliss-reactive ketones (excluding diaryl/α,β-unsaturated/α-hetero) is 1. The molecule has 0 aliphatic carbocycles. The Morgan fingerprint density at radius 3 is 2.61 bits per heavy atom. The van der Waals surface area contributed by atoms with Crippen LogP contribution in [0.25, 0.3) is 10.9 Å². The minimum Gasteiger partial charge on any atom is -0.352 e. The Labute approximate surface area is 170 Å². The molecule has 146 valence electrons. The van der Waals surface area contributed by atoms with Crippen LogP contribution in [-0.4, -0.2) is 41.1 Å². The van der Waals surface area contributed by atoms with E-state index in [4.69, 9.17) is 0 Å². The lowest BCUT2D eigenvalue weighted by Gasteiger charge is -2.16. The topological polar surface area (TPSA) is 92.2 Å². The lowest BCUT2D eigenvalue weighted by atomic mass is 10.2. The van der Waals surface area contributed by atoms with Gasteiger partial charge in [-0.1, -0.05) is 15.9 Å². The summed E-state index contributed by atoms with van der Waals surface area (Å²) < 4.78 is 28.9. The molecule has 28 heavy (non-hydrogen) atoms. The maximum absolute atomic E-state index is 12.7. The van der Waals surface area contributed by atoms with Gasteiger partial charge in [0.05, 0.1) is 17.1 Å². The lowest BCUT2D eigenvalue weighted by molar-refractivity contribution is 0.0966. The number of sulfonamides is 1. The van der Waals surface area contributed by atoms with E-state index in [0.29, 0.717) is 18.8 Å². The van der Waals surface area contributed by atoms with Gasteiger partial charge in [0.1, 0.15) is 0 Å². The Morgan fingerprint density at radius 2 is 1.86 bits per heavy atom. The van der Waals surface area contributed by atoms with Crippen LogP contribution in [0.2, 0.25) is 0 Å². The maximum Gasteiger partial charge on any atom is 0.251 e. The van der Waals surface area contributed by atoms with Crippen LogP contribution in [0.4, 0.5) is 0 Å². The molecule has 2 aromatic heterocycles. The molecule has 1 saturated heterocycles. The van der Waals surface area contributed by atoms with E-state index in [-0.39, 0.29) is 17.2 Å². The molecule has 0 spiro atoms. The number of aromatic amines is 1. The van der Waals surface area contributed by atoms with Crippen molar-refractivity contribution in [2.24, 2.45) is 0 Å². The van der Waals surface area contributed by atoms with Crippen molar-refractivity contribution in [3.63, 3.8) is 0 Å². The summed E-state index contributed by atoms with van der Waals surface area (Å²) in [6.07, 6.45) is 2.91. The van der Waals surface area contributed by atoms with Gasteiger partial charge in [0.25, 0.3) is 5.56 Å². The number of aromatic nitrogens is 2. The molecule has 7 nitrogen and oxygen atoms in total. The Hall–Kier alpha value is -2.23. The summed E-state index contributed by atoms with van der Waals surface area (Å²) in [7, 11) is -3.65. The number of benzene rings is 1. The van der Waals surface area contributed by atoms with Gasteiger partial charge in [-0.2, -0.15) is 4.31 Å². The second kappa shape index (κ2) is 7.31. The third kappa shape index (κ3) is 3.57. The largest absolute Gasteiger partial charge is 0.352 e. The molecule has 1 aromatic carbocycles. The van der Waals surface area contributed by atoms with Crippen LogP contribution in [0.3, 0.4) is 0 Å². The van der Waals surface area contributed by atoms with Crippen LogP contribution in [0.1, 0.15) is 23.3 Å². The summed E-state index contributed by atoms with van der Waals surface area (Å²) in [6, 6.07) is 9.82. The van der Waals surface area contributed by atoms with Crippen molar-refractivity contribution in [3.05, 3.63) is 63.1 Å². The van der Waals surface area contributed by atoms with E-state index < -0.39 is 15.6 Å². The number of hydrogen-bond acceptors (Lipinski definition) is 4. The number of nitrogens with one attached hydrogen (secondary N) is 1. The van der Waals surface area contributed by atoms with Gasteiger partial charge in [0.15, 0.2) is 5.78 Å². The highest BCUT2D eigenvalue weighted by Crippen LogP contribution is 2.22. The molecule has 1 fully saturated rings. The van der Waals surface area contributed by atoms with Gasteiger partial charge in [-0.05, 0) is 43.2 Å². The molecule has 3 heterocycles. The monoisotopic (exact) mass is 463 g/mol. The fraction of sp³-hybridized carbons (Fsp3) is 0.263. The SMILES string of the molecule is O=C(Cn1cc(S(=O)(=O)N2CCCC2)ccc1=O)c1cc2cc(Br)ccc2[nH]1. The van der Waals surface area contributed by atoms with Crippen LogP contribution < -0.4 is 5.56 Å². The predicted molar refractivity (Wildman–Crippen MR) is 109 cm³/mol. The molecule has 4 rings (SSSR count). The van der Waals surface area contributed by atoms with Crippen LogP contribution in [-0.2, 0) is 16.6 Å². The van der Waals surface area contributed by atoms with Crippen LogP contribution in [0.15, 0.2) is 56.8 Å². The number of hydrogen-bond donors (Lipinski definition) is 1. The summed E-state index contributed by atoms with van der Waals surface area (Å²) in [4.78, 5) is 27.9. The number of carbonyl (C=O) groups is 1. The normalized spacial score (nSPS) is 15.3. The van der Waals surface area contributed by atoms with E-state index in [2.05, 4.69) is 20.9 Å². The van der Waals surface area contributed by atoms with Gasteiger partial charge < -0.3 is 9.55 Å². The summed E-state index contributed by atoms with van der Waals surface area (Å²) in [5, 5.41) is 0.871. The van der Waals surface area contributed by atoms with Crippen molar-refractivity contribution in [1.29, 1.82) is 0 Å². The Balaban J connectivity index is 1.63. The van der Waals surface area contributed by atoms with Crippen molar-refractivity contribution < 1.29 is 13.2 Å². The van der Waals surface area contributed by atoms with Crippen molar-refractivity contribution in [2.75, 3.05) is 13.1 Å². The van der Waals surface area contributed by atoms with Gasteiger partial charge in [-0.15, -0.1) is 0 Å². The number of ketones is 1. The van der Waals surface area contributed by atoms with E-state index in [1.165, 1.54) is 22.6 Å². The molecular formula is C19H18BrN3O4S. The third-order valence-corrected chi connectivity index (χ3v) is 7.23. The first-order valence-corrected chi connectivity index (χ1v) is 11.1. The van der Waals surface area contributed by atoms with Crippen molar-refractivity contribution in [3.8, 4) is 0 Å². The van der Waals surface area contributed by atoms with Gasteiger partial charge in [0, 0.05) is 40.7 Å². The molecule has 1 aliphatic rings. The molecule has 0 atom stereocenters. The Morgan fingerprint density at radius 1 is 1.11 bits per heavy atom. The van der Waals surface area contributed by atoms with Gasteiger partial charge >= 0.3 is 0 Å². The molecule has 0 amide bonds. The molecule has 0 unspecified atom stereocenters. The van der Waals surface area contributed by atoms with Gasteiger partial charge in [0.2, 0.25) is 10.0 Å². The van der Waals surface area contributed by atoms with E-state index in [1.54, 1.807) is 6.07 Å². The van der Waals surface area contributed by atoms with Crippen molar-refractivity contribution >= 4 is 42.6 Å². The predicted octanol–water partition coefficient (Wildman–Crippen LogP) is 2.76. The minimum atomic E-state index is -3.65. The minimum absolute atomic E-state index is 0.0300. The number of halogens is 1. The van der Waals surface area contributed by atoms with Crippen molar-refractivity contribution in [2.45, 2.75) is 24.3 Å². The van der Waals surface area contributed by atoms with Gasteiger partial charge in [-0.25, -0.2) is 8.42 Å². The summed E-state index contributed by atoms with van der Waals surface area (Å²) >= 11 is 3.39. The highest BCUT2D eigenvalue weighted by atomic mass is 79.9. The first-order chi connectivity index (χ1) is 13.3. The molecular weight excluding hydrogens is 446 g/mol. The zero-order valence-corrected chi connectivity index (χ0v) is 17.3. The first kappa shape index (κ1) is 19.1. The molecule has 3 aromatic rings. The average molecular weight is 464 g/mol. The number of rotatable bonds is 5. The van der Waals surface area contributed by atoms with E-state index in [1.807, 2.05) is 18.2 Å². The molecule has 0 saturated carbocycles. The quantitative estimate of drug-likeness (QED) is 0.588. The van der Waals surface area contributed by atoms with Crippen molar-refractivity contribution in [1.82, 2.24) is 13.9 Å². The fourth-order valence-corrected chi connectivity index (χ4v) is 5.27. The highest BCUT2D eigenvalue weighted by Gasteiger charge is 2.27. The second-order valence-corrected chi connectivity index (χ2v) is 9.63. The van der Waals surface area contributed by atoms with E-state index in [0.717, 1.165) is 32.8 Å². The Bertz CT molecular complexity index is 1220. The zero-order valence-electron chi connectivity index (χ0n) is 14.9. The number of fused-ring (bicyclic) bond motifs is 1. The summed E-state index contributed by atoms with van der Waals surface area (Å²) in [5.74, 6) is -0.301. The number of H-pyrrole nitrogens is 1. The second-order valence-electron chi connectivity index (χ2n) is 6.78. The molecule has 1 aliphatic heterocycles. The number of carbonyl (C=O) groups excluding carboxylic acids is 1. The van der Waals surface area contributed by atoms with Gasteiger partial charge in [-0.3, -0.25) is 9.59 Å². The average Bonchev–Trinajstić information content (AvgIpc) is 3.32. The molecule has 0 bridgehead atoms. The summed E-state index contributed by atoms with van der Waals surface area (Å²) in [5.41, 5.74) is 0.754. The zero-order chi connectivity index (χ0) is 19.9. The number of pyridine rings is 1. The van der Waals surface area contributed by atoms with E-state index >= 15 is 0 Å².